The highest BCUT2D eigenvalue weighted by molar-refractivity contribution is 6.31. The highest BCUT2D eigenvalue weighted by atomic mass is 35.5. The molecule has 1 aromatic heterocycles. The molecule has 3 rings (SSSR count). The first-order valence-electron chi connectivity index (χ1n) is 8.27. The van der Waals surface area contributed by atoms with Crippen LogP contribution in [0.1, 0.15) is 15.9 Å². The third-order valence-corrected chi connectivity index (χ3v) is 4.25. The molecule has 0 saturated heterocycles. The van der Waals surface area contributed by atoms with Crippen LogP contribution in [0, 0.1) is 11.3 Å². The number of carbonyl (C=O) groups is 1. The molecular formula is C20H17ClN4O2. The Morgan fingerprint density at radius 3 is 2.70 bits per heavy atom. The number of carbonyl (C=O) groups excluding carboxylic acids is 1. The number of aromatic nitrogens is 1. The van der Waals surface area contributed by atoms with Gasteiger partial charge in [-0.05, 0) is 42.5 Å². The molecule has 136 valence electrons. The Kier molecular flexibility index (Phi) is 5.74. The van der Waals surface area contributed by atoms with Crippen molar-refractivity contribution in [1.29, 1.82) is 5.26 Å². The average Bonchev–Trinajstić information content (AvgIpc) is 2.70. The molecule has 0 atom stereocenters. The molecule has 0 saturated carbocycles. The van der Waals surface area contributed by atoms with Crippen LogP contribution in [0.15, 0.2) is 48.7 Å². The van der Waals surface area contributed by atoms with Crippen LogP contribution in [-0.2, 0) is 0 Å². The van der Waals surface area contributed by atoms with Gasteiger partial charge in [0.2, 0.25) is 0 Å². The largest absolute Gasteiger partial charge is 0.497 e. The minimum Gasteiger partial charge on any atom is -0.497 e. The second kappa shape index (κ2) is 8.39. The molecule has 0 spiro atoms. The molecule has 0 aliphatic heterocycles. The van der Waals surface area contributed by atoms with Crippen molar-refractivity contribution in [2.24, 2.45) is 0 Å². The molecule has 0 radical (unpaired) electrons. The average molecular weight is 381 g/mol. The normalized spacial score (nSPS) is 10.3. The fourth-order valence-corrected chi connectivity index (χ4v) is 2.82. The zero-order valence-electron chi connectivity index (χ0n) is 14.6. The topological polar surface area (TPSA) is 87.0 Å². The van der Waals surface area contributed by atoms with Crippen molar-refractivity contribution in [2.75, 3.05) is 25.5 Å². The first-order chi connectivity index (χ1) is 13.1. The van der Waals surface area contributed by atoms with E-state index in [-0.39, 0.29) is 5.91 Å². The number of benzene rings is 2. The summed E-state index contributed by atoms with van der Waals surface area (Å²) in [5.41, 5.74) is 2.37. The molecule has 1 heterocycles. The molecule has 0 fully saturated rings. The van der Waals surface area contributed by atoms with Crippen LogP contribution < -0.4 is 15.4 Å². The number of ether oxygens (including phenoxy) is 1. The Hall–Kier alpha value is -3.30. The van der Waals surface area contributed by atoms with Gasteiger partial charge in [-0.3, -0.25) is 9.78 Å². The van der Waals surface area contributed by atoms with E-state index < -0.39 is 0 Å². The van der Waals surface area contributed by atoms with Crippen molar-refractivity contribution in [3.8, 4) is 11.8 Å². The molecule has 6 nitrogen and oxygen atoms in total. The molecule has 0 unspecified atom stereocenters. The molecule has 2 aromatic carbocycles. The lowest BCUT2D eigenvalue weighted by Crippen LogP contribution is -2.28. The lowest BCUT2D eigenvalue weighted by atomic mass is 10.1. The van der Waals surface area contributed by atoms with Gasteiger partial charge in [-0.25, -0.2) is 0 Å². The van der Waals surface area contributed by atoms with Gasteiger partial charge in [-0.15, -0.1) is 0 Å². The summed E-state index contributed by atoms with van der Waals surface area (Å²) in [5, 5.41) is 16.7. The first kappa shape index (κ1) is 18.5. The summed E-state index contributed by atoms with van der Waals surface area (Å²) in [6.07, 6.45) is 1.52. The molecule has 0 bridgehead atoms. The summed E-state index contributed by atoms with van der Waals surface area (Å²) in [7, 11) is 1.58. The third kappa shape index (κ3) is 4.27. The van der Waals surface area contributed by atoms with E-state index in [1.807, 2.05) is 0 Å². The SMILES string of the molecule is COc1ccc(C(=O)NCCNc2c(C#N)cnc3ccc(Cl)cc23)cc1. The summed E-state index contributed by atoms with van der Waals surface area (Å²) in [6, 6.07) is 14.3. The number of pyridine rings is 1. The molecule has 27 heavy (non-hydrogen) atoms. The number of fused-ring (bicyclic) bond motifs is 1. The van der Waals surface area contributed by atoms with Gasteiger partial charge in [0, 0.05) is 35.3 Å². The lowest BCUT2D eigenvalue weighted by Gasteiger charge is -2.12. The third-order valence-electron chi connectivity index (χ3n) is 4.02. The Balaban J connectivity index is 1.65. The smallest absolute Gasteiger partial charge is 0.251 e. The van der Waals surface area contributed by atoms with Crippen molar-refractivity contribution < 1.29 is 9.53 Å². The van der Waals surface area contributed by atoms with Gasteiger partial charge < -0.3 is 15.4 Å². The van der Waals surface area contributed by atoms with E-state index in [2.05, 4.69) is 21.7 Å². The molecule has 2 N–H and O–H groups in total. The number of amides is 1. The Labute approximate surface area is 161 Å². The molecule has 1 amide bonds. The zero-order valence-corrected chi connectivity index (χ0v) is 15.4. The van der Waals surface area contributed by atoms with Gasteiger partial charge in [0.1, 0.15) is 11.8 Å². The number of hydrogen-bond donors (Lipinski definition) is 2. The van der Waals surface area contributed by atoms with E-state index in [4.69, 9.17) is 16.3 Å². The van der Waals surface area contributed by atoms with Crippen molar-refractivity contribution >= 4 is 34.1 Å². The fraction of sp³-hybridized carbons (Fsp3) is 0.150. The number of nitrogens with one attached hydrogen (secondary N) is 2. The summed E-state index contributed by atoms with van der Waals surface area (Å²) in [6.45, 7) is 0.836. The second-order valence-electron chi connectivity index (χ2n) is 5.73. The van der Waals surface area contributed by atoms with Gasteiger partial charge in [0.15, 0.2) is 0 Å². The number of halogens is 1. The van der Waals surface area contributed by atoms with Crippen LogP contribution in [-0.4, -0.2) is 31.1 Å². The van der Waals surface area contributed by atoms with E-state index in [9.17, 15) is 10.1 Å². The van der Waals surface area contributed by atoms with Crippen molar-refractivity contribution in [3.63, 3.8) is 0 Å². The molecular weight excluding hydrogens is 364 g/mol. The summed E-state index contributed by atoms with van der Waals surface area (Å²) >= 11 is 6.07. The van der Waals surface area contributed by atoms with E-state index in [1.165, 1.54) is 6.20 Å². The fourth-order valence-electron chi connectivity index (χ4n) is 2.65. The maximum Gasteiger partial charge on any atom is 0.251 e. The predicted octanol–water partition coefficient (Wildman–Crippen LogP) is 3.61. The van der Waals surface area contributed by atoms with Crippen LogP contribution >= 0.6 is 11.6 Å². The summed E-state index contributed by atoms with van der Waals surface area (Å²) in [4.78, 5) is 16.4. The minimum atomic E-state index is -0.178. The zero-order chi connectivity index (χ0) is 19.2. The van der Waals surface area contributed by atoms with Crippen LogP contribution in [0.5, 0.6) is 5.75 Å². The number of rotatable bonds is 6. The first-order valence-corrected chi connectivity index (χ1v) is 8.64. The maximum absolute atomic E-state index is 12.2. The van der Waals surface area contributed by atoms with E-state index in [1.54, 1.807) is 49.6 Å². The van der Waals surface area contributed by atoms with Crippen LogP contribution in [0.2, 0.25) is 5.02 Å². The number of hydrogen-bond acceptors (Lipinski definition) is 5. The van der Waals surface area contributed by atoms with Gasteiger partial charge in [0.25, 0.3) is 5.91 Å². The van der Waals surface area contributed by atoms with Gasteiger partial charge >= 0.3 is 0 Å². The van der Waals surface area contributed by atoms with Crippen molar-refractivity contribution in [2.45, 2.75) is 0 Å². The molecule has 0 aliphatic rings. The van der Waals surface area contributed by atoms with Crippen molar-refractivity contribution in [1.82, 2.24) is 10.3 Å². The number of methoxy groups -OCH3 is 1. The second-order valence-corrected chi connectivity index (χ2v) is 6.17. The quantitative estimate of drug-likeness (QED) is 0.638. The van der Waals surface area contributed by atoms with Crippen LogP contribution in [0.4, 0.5) is 5.69 Å². The van der Waals surface area contributed by atoms with Gasteiger partial charge in [-0.2, -0.15) is 5.26 Å². The van der Waals surface area contributed by atoms with Gasteiger partial charge in [-0.1, -0.05) is 11.6 Å². The lowest BCUT2D eigenvalue weighted by molar-refractivity contribution is 0.0955. The van der Waals surface area contributed by atoms with E-state index in [0.717, 1.165) is 10.9 Å². The summed E-state index contributed by atoms with van der Waals surface area (Å²) in [5.74, 6) is 0.517. The van der Waals surface area contributed by atoms with E-state index >= 15 is 0 Å². The number of anilines is 1. The summed E-state index contributed by atoms with van der Waals surface area (Å²) < 4.78 is 5.08. The molecule has 3 aromatic rings. The van der Waals surface area contributed by atoms with Crippen molar-refractivity contribution in [3.05, 3.63) is 64.8 Å². The number of nitriles is 1. The highest BCUT2D eigenvalue weighted by Crippen LogP contribution is 2.27. The Morgan fingerprint density at radius 1 is 1.22 bits per heavy atom. The Morgan fingerprint density at radius 2 is 2.00 bits per heavy atom. The monoisotopic (exact) mass is 380 g/mol. The predicted molar refractivity (Wildman–Crippen MR) is 105 cm³/mol. The van der Waals surface area contributed by atoms with E-state index in [0.29, 0.717) is 40.7 Å². The maximum atomic E-state index is 12.2. The number of nitrogens with zero attached hydrogens (tertiary/aromatic N) is 2. The van der Waals surface area contributed by atoms with Gasteiger partial charge in [0.05, 0.1) is 23.9 Å². The van der Waals surface area contributed by atoms with Crippen LogP contribution in [0.25, 0.3) is 10.9 Å². The Bertz CT molecular complexity index is 1010. The standard InChI is InChI=1S/C20H17ClN4O2/c1-27-16-5-2-13(3-6-16)20(26)24-9-8-23-19-14(11-22)12-25-18-7-4-15(21)10-17(18)19/h2-7,10,12H,8-9H2,1H3,(H,23,25)(H,24,26). The molecule has 0 aliphatic carbocycles. The highest BCUT2D eigenvalue weighted by Gasteiger charge is 2.10. The molecule has 7 heteroatoms. The minimum absolute atomic E-state index is 0.178. The van der Waals surface area contributed by atoms with Crippen LogP contribution in [0.3, 0.4) is 0 Å².